The number of hydrogen-bond donors (Lipinski definition) is 2. The van der Waals surface area contributed by atoms with Gasteiger partial charge in [0.15, 0.2) is 18.1 Å². The van der Waals surface area contributed by atoms with Crippen LogP contribution in [0.1, 0.15) is 12.5 Å². The average Bonchev–Trinajstić information content (AvgIpc) is 2.88. The van der Waals surface area contributed by atoms with Crippen LogP contribution in [-0.2, 0) is 4.79 Å². The van der Waals surface area contributed by atoms with Gasteiger partial charge in [-0.1, -0.05) is 30.3 Å². The number of carbonyl (C=O) groups excluding carboxylic acids is 1. The van der Waals surface area contributed by atoms with E-state index in [-0.39, 0.29) is 12.5 Å². The molecule has 0 aliphatic carbocycles. The van der Waals surface area contributed by atoms with Crippen molar-refractivity contribution in [2.75, 3.05) is 31.1 Å². The number of nitrogens with zero attached hydrogens (tertiary/aromatic N) is 2. The fraction of sp³-hybridized carbons (Fsp3) is 0.148. The highest BCUT2D eigenvalue weighted by molar-refractivity contribution is 5.93. The predicted octanol–water partition coefficient (Wildman–Crippen LogP) is 5.11. The predicted molar refractivity (Wildman–Crippen MR) is 138 cm³/mol. The Morgan fingerprint density at radius 2 is 1.77 bits per heavy atom. The van der Waals surface area contributed by atoms with E-state index in [1.807, 2.05) is 61.5 Å². The molecule has 2 N–H and O–H groups in total. The number of pyridine rings is 1. The molecule has 0 unspecified atom stereocenters. The molecule has 0 saturated carbocycles. The molecule has 35 heavy (non-hydrogen) atoms. The van der Waals surface area contributed by atoms with E-state index in [0.29, 0.717) is 35.4 Å². The summed E-state index contributed by atoms with van der Waals surface area (Å²) in [6.07, 6.45) is 1.66. The van der Waals surface area contributed by atoms with Crippen LogP contribution in [0.3, 0.4) is 0 Å². The molecule has 0 bridgehead atoms. The van der Waals surface area contributed by atoms with Gasteiger partial charge in [-0.25, -0.2) is 4.98 Å². The average molecular weight is 471 g/mol. The molecule has 0 aliphatic rings. The number of aromatic nitrogens is 1. The van der Waals surface area contributed by atoms with Gasteiger partial charge in [-0.3, -0.25) is 10.2 Å². The first kappa shape index (κ1) is 23.6. The lowest BCUT2D eigenvalue weighted by Crippen LogP contribution is -2.20. The van der Waals surface area contributed by atoms with Gasteiger partial charge in [0.2, 0.25) is 0 Å². The molecule has 0 atom stereocenters. The van der Waals surface area contributed by atoms with E-state index in [1.54, 1.807) is 37.6 Å². The van der Waals surface area contributed by atoms with Crippen LogP contribution >= 0.6 is 0 Å². The summed E-state index contributed by atoms with van der Waals surface area (Å²) < 4.78 is 16.7. The summed E-state index contributed by atoms with van der Waals surface area (Å²) in [6.45, 7) is 2.15. The third-order valence-electron chi connectivity index (χ3n) is 5.00. The lowest BCUT2D eigenvalue weighted by molar-refractivity contribution is -0.118. The Bertz CT molecular complexity index is 1340. The lowest BCUT2D eigenvalue weighted by atomic mass is 10.2. The number of amides is 1. The molecule has 4 rings (SSSR count). The number of benzene rings is 3. The SMILES string of the molecule is CCOc1cc(/C=N\Nc2ccc3ccccc3n2)ccc1OCC(=O)Nc1ccccc1OC. The maximum Gasteiger partial charge on any atom is 0.262 e. The Morgan fingerprint density at radius 3 is 2.63 bits per heavy atom. The number of fused-ring (bicyclic) bond motifs is 1. The van der Waals surface area contributed by atoms with E-state index in [1.165, 1.54) is 0 Å². The van der Waals surface area contributed by atoms with Crippen molar-refractivity contribution in [3.63, 3.8) is 0 Å². The van der Waals surface area contributed by atoms with Crippen molar-refractivity contribution in [1.82, 2.24) is 4.98 Å². The number of nitrogens with one attached hydrogen (secondary N) is 2. The minimum absolute atomic E-state index is 0.180. The molecule has 3 aromatic carbocycles. The van der Waals surface area contributed by atoms with Crippen molar-refractivity contribution in [2.24, 2.45) is 5.10 Å². The molecule has 0 spiro atoms. The van der Waals surface area contributed by atoms with Crippen LogP contribution in [0, 0.1) is 0 Å². The van der Waals surface area contributed by atoms with Gasteiger partial charge in [0.25, 0.3) is 5.91 Å². The van der Waals surface area contributed by atoms with Crippen LogP contribution in [0.4, 0.5) is 11.5 Å². The number of rotatable bonds is 10. The molecule has 1 amide bonds. The zero-order valence-corrected chi connectivity index (χ0v) is 19.5. The van der Waals surface area contributed by atoms with Crippen LogP contribution in [-0.4, -0.2) is 37.4 Å². The second-order valence-corrected chi connectivity index (χ2v) is 7.44. The Balaban J connectivity index is 1.38. The van der Waals surface area contributed by atoms with E-state index in [4.69, 9.17) is 14.2 Å². The minimum atomic E-state index is -0.310. The molecular formula is C27H26N4O4. The van der Waals surface area contributed by atoms with Crippen LogP contribution < -0.4 is 25.0 Å². The summed E-state index contributed by atoms with van der Waals surface area (Å²) in [7, 11) is 1.55. The number of anilines is 2. The number of para-hydroxylation sites is 3. The molecule has 1 aromatic heterocycles. The zero-order chi connectivity index (χ0) is 24.5. The van der Waals surface area contributed by atoms with Crippen LogP contribution in [0.15, 0.2) is 84.0 Å². The van der Waals surface area contributed by atoms with Crippen LogP contribution in [0.25, 0.3) is 10.9 Å². The lowest BCUT2D eigenvalue weighted by Gasteiger charge is -2.13. The minimum Gasteiger partial charge on any atom is -0.495 e. The number of carbonyl (C=O) groups is 1. The molecule has 8 nitrogen and oxygen atoms in total. The second kappa shape index (κ2) is 11.5. The molecule has 0 fully saturated rings. The zero-order valence-electron chi connectivity index (χ0n) is 19.5. The molecular weight excluding hydrogens is 444 g/mol. The summed E-state index contributed by atoms with van der Waals surface area (Å²) in [6, 6.07) is 24.3. The van der Waals surface area contributed by atoms with E-state index in [2.05, 4.69) is 20.8 Å². The molecule has 1 heterocycles. The van der Waals surface area contributed by atoms with Gasteiger partial charge in [-0.2, -0.15) is 5.10 Å². The summed E-state index contributed by atoms with van der Waals surface area (Å²) >= 11 is 0. The fourth-order valence-corrected chi connectivity index (χ4v) is 3.37. The van der Waals surface area contributed by atoms with Crippen LogP contribution in [0.2, 0.25) is 0 Å². The Morgan fingerprint density at radius 1 is 0.943 bits per heavy atom. The number of ether oxygens (including phenoxy) is 3. The van der Waals surface area contributed by atoms with Gasteiger partial charge < -0.3 is 19.5 Å². The topological polar surface area (TPSA) is 94.1 Å². The van der Waals surface area contributed by atoms with Crippen molar-refractivity contribution in [3.8, 4) is 17.2 Å². The first-order valence-electron chi connectivity index (χ1n) is 11.1. The smallest absolute Gasteiger partial charge is 0.262 e. The highest BCUT2D eigenvalue weighted by Gasteiger charge is 2.11. The van der Waals surface area contributed by atoms with Crippen molar-refractivity contribution >= 4 is 34.5 Å². The summed E-state index contributed by atoms with van der Waals surface area (Å²) in [5, 5.41) is 8.13. The Hall–Kier alpha value is -4.59. The third kappa shape index (κ3) is 6.26. The molecule has 4 aromatic rings. The van der Waals surface area contributed by atoms with Gasteiger partial charge in [0.1, 0.15) is 11.6 Å². The third-order valence-corrected chi connectivity index (χ3v) is 5.00. The molecule has 0 radical (unpaired) electrons. The number of hydrogen-bond acceptors (Lipinski definition) is 7. The standard InChI is InChI=1S/C27H26N4O4/c1-3-34-25-16-19(17-28-31-26-15-13-20-8-4-5-9-21(20)29-26)12-14-24(25)35-18-27(32)30-22-10-6-7-11-23(22)33-2/h4-17H,3,18H2,1-2H3,(H,29,31)(H,30,32)/b28-17-. The van der Waals surface area contributed by atoms with Gasteiger partial charge in [-0.15, -0.1) is 0 Å². The molecule has 8 heteroatoms. The largest absolute Gasteiger partial charge is 0.495 e. The van der Waals surface area contributed by atoms with E-state index in [9.17, 15) is 4.79 Å². The number of hydrazone groups is 1. The maximum absolute atomic E-state index is 12.4. The number of methoxy groups -OCH3 is 1. The quantitative estimate of drug-likeness (QED) is 0.247. The highest BCUT2D eigenvalue weighted by atomic mass is 16.5. The Labute approximate surface area is 203 Å². The fourth-order valence-electron chi connectivity index (χ4n) is 3.37. The first-order chi connectivity index (χ1) is 17.2. The van der Waals surface area contributed by atoms with Gasteiger partial charge in [0, 0.05) is 5.39 Å². The monoisotopic (exact) mass is 470 g/mol. The van der Waals surface area contributed by atoms with E-state index >= 15 is 0 Å². The van der Waals surface area contributed by atoms with Crippen molar-refractivity contribution in [2.45, 2.75) is 6.92 Å². The van der Waals surface area contributed by atoms with E-state index < -0.39 is 0 Å². The van der Waals surface area contributed by atoms with Crippen molar-refractivity contribution in [1.29, 1.82) is 0 Å². The second-order valence-electron chi connectivity index (χ2n) is 7.44. The van der Waals surface area contributed by atoms with Gasteiger partial charge in [-0.05, 0) is 61.0 Å². The molecule has 178 valence electrons. The van der Waals surface area contributed by atoms with Crippen molar-refractivity contribution < 1.29 is 19.0 Å². The summed E-state index contributed by atoms with van der Waals surface area (Å²) in [5.41, 5.74) is 5.21. The normalized spacial score (nSPS) is 10.8. The summed E-state index contributed by atoms with van der Waals surface area (Å²) in [4.78, 5) is 16.9. The van der Waals surface area contributed by atoms with Crippen molar-refractivity contribution in [3.05, 3.63) is 84.4 Å². The molecule has 0 aliphatic heterocycles. The van der Waals surface area contributed by atoms with Gasteiger partial charge >= 0.3 is 0 Å². The van der Waals surface area contributed by atoms with E-state index in [0.717, 1.165) is 16.5 Å². The highest BCUT2D eigenvalue weighted by Crippen LogP contribution is 2.28. The maximum atomic E-state index is 12.4. The Kier molecular flexibility index (Phi) is 7.75. The first-order valence-corrected chi connectivity index (χ1v) is 11.1. The summed E-state index contributed by atoms with van der Waals surface area (Å²) in [5.74, 6) is 1.89. The molecule has 0 saturated heterocycles. The van der Waals surface area contributed by atoms with Crippen LogP contribution in [0.5, 0.6) is 17.2 Å². The van der Waals surface area contributed by atoms with Gasteiger partial charge in [0.05, 0.1) is 31.1 Å².